The van der Waals surface area contributed by atoms with Crippen molar-refractivity contribution in [2.24, 2.45) is 0 Å². The third-order valence-electron chi connectivity index (χ3n) is 2.82. The first-order chi connectivity index (χ1) is 10.7. The molecular weight excluding hydrogens is 321 g/mol. The Hall–Kier alpha value is -2.11. The number of para-hydroxylation sites is 1. The fourth-order valence-corrected chi connectivity index (χ4v) is 2.87. The maximum Gasteiger partial charge on any atom is 0.227 e. The van der Waals surface area contributed by atoms with Crippen LogP contribution in [0.5, 0.6) is 0 Å². The van der Waals surface area contributed by atoms with Crippen LogP contribution in [-0.2, 0) is 0 Å². The van der Waals surface area contributed by atoms with Crippen molar-refractivity contribution in [3.63, 3.8) is 0 Å². The highest BCUT2D eigenvalue weighted by molar-refractivity contribution is 7.99. The van der Waals surface area contributed by atoms with Crippen molar-refractivity contribution in [2.45, 2.75) is 9.79 Å². The van der Waals surface area contributed by atoms with Crippen molar-refractivity contribution in [3.8, 4) is 0 Å². The van der Waals surface area contributed by atoms with Gasteiger partial charge in [0.2, 0.25) is 5.95 Å². The lowest BCUT2D eigenvalue weighted by molar-refractivity contribution is 0.628. The molecule has 1 aromatic heterocycles. The van der Waals surface area contributed by atoms with Crippen LogP contribution in [0.25, 0.3) is 0 Å². The molecule has 22 heavy (non-hydrogen) atoms. The predicted octanol–water partition coefficient (Wildman–Crippen LogP) is 5.16. The summed E-state index contributed by atoms with van der Waals surface area (Å²) in [6.45, 7) is 0. The summed E-state index contributed by atoms with van der Waals surface area (Å²) in [7, 11) is 0. The number of nitrogens with one attached hydrogen (secondary N) is 1. The van der Waals surface area contributed by atoms with E-state index in [2.05, 4.69) is 15.3 Å². The molecule has 0 unspecified atom stereocenters. The summed E-state index contributed by atoms with van der Waals surface area (Å²) in [5, 5.41) is 3.59. The number of benzene rings is 2. The van der Waals surface area contributed by atoms with E-state index in [1.807, 2.05) is 18.2 Å². The SMILES string of the molecule is Fc1cccc(Sc2ccc(Cl)cc2)c1Nc1ncccn1. The van der Waals surface area contributed by atoms with E-state index < -0.39 is 0 Å². The average molecular weight is 332 g/mol. The Morgan fingerprint density at radius 1 is 0.955 bits per heavy atom. The maximum absolute atomic E-state index is 14.2. The van der Waals surface area contributed by atoms with Gasteiger partial charge in [0.05, 0.1) is 5.69 Å². The van der Waals surface area contributed by atoms with Gasteiger partial charge in [-0.15, -0.1) is 0 Å². The van der Waals surface area contributed by atoms with Crippen LogP contribution in [0.3, 0.4) is 0 Å². The van der Waals surface area contributed by atoms with E-state index >= 15 is 0 Å². The minimum atomic E-state index is -0.355. The molecule has 1 N–H and O–H groups in total. The molecule has 110 valence electrons. The molecule has 0 fully saturated rings. The number of anilines is 2. The van der Waals surface area contributed by atoms with Gasteiger partial charge in [0.25, 0.3) is 0 Å². The lowest BCUT2D eigenvalue weighted by Crippen LogP contribution is -1.99. The van der Waals surface area contributed by atoms with Crippen LogP contribution in [-0.4, -0.2) is 9.97 Å². The van der Waals surface area contributed by atoms with Crippen LogP contribution in [0.15, 0.2) is 70.7 Å². The Balaban J connectivity index is 1.91. The number of halogens is 2. The number of aromatic nitrogens is 2. The molecule has 3 rings (SSSR count). The lowest BCUT2D eigenvalue weighted by atomic mass is 10.3. The van der Waals surface area contributed by atoms with Gasteiger partial charge in [0, 0.05) is 27.2 Å². The smallest absolute Gasteiger partial charge is 0.227 e. The zero-order valence-electron chi connectivity index (χ0n) is 11.3. The van der Waals surface area contributed by atoms with E-state index in [0.29, 0.717) is 16.7 Å². The van der Waals surface area contributed by atoms with Crippen LogP contribution in [0.2, 0.25) is 5.02 Å². The first-order valence-electron chi connectivity index (χ1n) is 6.48. The highest BCUT2D eigenvalue weighted by Crippen LogP contribution is 2.36. The molecule has 3 aromatic rings. The highest BCUT2D eigenvalue weighted by atomic mass is 35.5. The van der Waals surface area contributed by atoms with Crippen LogP contribution in [0, 0.1) is 5.82 Å². The number of rotatable bonds is 4. The number of hydrogen-bond donors (Lipinski definition) is 1. The zero-order chi connectivity index (χ0) is 15.4. The summed E-state index contributed by atoms with van der Waals surface area (Å²) >= 11 is 7.32. The molecule has 0 amide bonds. The van der Waals surface area contributed by atoms with E-state index in [9.17, 15) is 4.39 Å². The fourth-order valence-electron chi connectivity index (χ4n) is 1.82. The van der Waals surface area contributed by atoms with Gasteiger partial charge >= 0.3 is 0 Å². The van der Waals surface area contributed by atoms with Crippen molar-refractivity contribution < 1.29 is 4.39 Å². The van der Waals surface area contributed by atoms with Crippen LogP contribution >= 0.6 is 23.4 Å². The van der Waals surface area contributed by atoms with E-state index in [0.717, 1.165) is 9.79 Å². The lowest BCUT2D eigenvalue weighted by Gasteiger charge is -2.11. The quantitative estimate of drug-likeness (QED) is 0.716. The third kappa shape index (κ3) is 3.55. The Morgan fingerprint density at radius 3 is 2.41 bits per heavy atom. The van der Waals surface area contributed by atoms with E-state index in [4.69, 9.17) is 11.6 Å². The third-order valence-corrected chi connectivity index (χ3v) is 4.14. The maximum atomic E-state index is 14.2. The summed E-state index contributed by atoms with van der Waals surface area (Å²) in [6.07, 6.45) is 3.20. The minimum absolute atomic E-state index is 0.352. The van der Waals surface area contributed by atoms with Crippen molar-refractivity contribution in [2.75, 3.05) is 5.32 Å². The van der Waals surface area contributed by atoms with E-state index in [1.165, 1.54) is 17.8 Å². The summed E-state index contributed by atoms with van der Waals surface area (Å²) in [6, 6.07) is 14.0. The second-order valence-corrected chi connectivity index (χ2v) is 5.92. The van der Waals surface area contributed by atoms with Gasteiger partial charge in [0.15, 0.2) is 0 Å². The van der Waals surface area contributed by atoms with Gasteiger partial charge in [-0.2, -0.15) is 0 Å². The van der Waals surface area contributed by atoms with Crippen molar-refractivity contribution in [1.82, 2.24) is 9.97 Å². The molecule has 0 aliphatic heterocycles. The van der Waals surface area contributed by atoms with Gasteiger partial charge in [-0.05, 0) is 42.5 Å². The summed E-state index contributed by atoms with van der Waals surface area (Å²) < 4.78 is 14.2. The summed E-state index contributed by atoms with van der Waals surface area (Å²) in [5.41, 5.74) is 0.355. The molecule has 0 saturated heterocycles. The van der Waals surface area contributed by atoms with Crippen molar-refractivity contribution >= 4 is 35.0 Å². The Bertz CT molecular complexity index is 766. The molecule has 0 saturated carbocycles. The molecule has 3 nitrogen and oxygen atoms in total. The van der Waals surface area contributed by atoms with E-state index in [1.54, 1.807) is 36.7 Å². The first kappa shape index (κ1) is 14.8. The number of hydrogen-bond acceptors (Lipinski definition) is 4. The number of nitrogens with zero attached hydrogens (tertiary/aromatic N) is 2. The molecule has 0 aliphatic carbocycles. The van der Waals surface area contributed by atoms with E-state index in [-0.39, 0.29) is 5.82 Å². The standard InChI is InChI=1S/C16H11ClFN3S/c17-11-5-7-12(8-6-11)22-14-4-1-3-13(18)15(14)21-16-19-9-2-10-20-16/h1-10H,(H,19,20,21). The van der Waals surface area contributed by atoms with Gasteiger partial charge in [-0.1, -0.05) is 29.4 Å². The fraction of sp³-hybridized carbons (Fsp3) is 0. The molecular formula is C16H11ClFN3S. The molecule has 2 aromatic carbocycles. The summed E-state index contributed by atoms with van der Waals surface area (Å²) in [5.74, 6) is -0.00280. The van der Waals surface area contributed by atoms with Crippen molar-refractivity contribution in [3.05, 3.63) is 71.8 Å². The van der Waals surface area contributed by atoms with Gasteiger partial charge in [-0.25, -0.2) is 14.4 Å². The molecule has 0 radical (unpaired) electrons. The largest absolute Gasteiger partial charge is 0.321 e. The highest BCUT2D eigenvalue weighted by Gasteiger charge is 2.11. The average Bonchev–Trinajstić information content (AvgIpc) is 2.54. The van der Waals surface area contributed by atoms with Gasteiger partial charge in [0.1, 0.15) is 5.82 Å². The molecule has 0 aliphatic rings. The molecule has 0 spiro atoms. The first-order valence-corrected chi connectivity index (χ1v) is 7.68. The van der Waals surface area contributed by atoms with Gasteiger partial charge in [-0.3, -0.25) is 0 Å². The second kappa shape index (κ2) is 6.77. The topological polar surface area (TPSA) is 37.8 Å². The van der Waals surface area contributed by atoms with Gasteiger partial charge < -0.3 is 5.32 Å². The molecule has 0 atom stereocenters. The van der Waals surface area contributed by atoms with Crippen molar-refractivity contribution in [1.29, 1.82) is 0 Å². The van der Waals surface area contributed by atoms with Crippen LogP contribution in [0.4, 0.5) is 16.0 Å². The van der Waals surface area contributed by atoms with Crippen LogP contribution < -0.4 is 5.32 Å². The molecule has 6 heteroatoms. The molecule has 1 heterocycles. The molecule has 0 bridgehead atoms. The zero-order valence-corrected chi connectivity index (χ0v) is 12.9. The second-order valence-electron chi connectivity index (χ2n) is 4.37. The Morgan fingerprint density at radius 2 is 1.68 bits per heavy atom. The Kier molecular flexibility index (Phi) is 4.56. The predicted molar refractivity (Wildman–Crippen MR) is 87.3 cm³/mol. The minimum Gasteiger partial charge on any atom is -0.321 e. The van der Waals surface area contributed by atoms with Crippen LogP contribution in [0.1, 0.15) is 0 Å². The normalized spacial score (nSPS) is 10.5. The monoisotopic (exact) mass is 331 g/mol. The summed E-state index contributed by atoms with van der Waals surface area (Å²) in [4.78, 5) is 9.83. The Labute approximate surface area is 136 Å².